The van der Waals surface area contributed by atoms with Crippen LogP contribution in [0.3, 0.4) is 0 Å². The Bertz CT molecular complexity index is 371. The van der Waals surface area contributed by atoms with Crippen molar-refractivity contribution in [2.75, 3.05) is 0 Å². The first kappa shape index (κ1) is 5.31. The Labute approximate surface area is 80.2 Å². The van der Waals surface area contributed by atoms with E-state index in [2.05, 4.69) is 20.9 Å². The fourth-order valence-electron chi connectivity index (χ4n) is 0.651. The van der Waals surface area contributed by atoms with Crippen LogP contribution in [0.2, 0.25) is 0 Å². The van der Waals surface area contributed by atoms with E-state index in [1.165, 1.54) is 0 Å². The molecule has 0 saturated carbocycles. The lowest BCUT2D eigenvalue weighted by atomic mass is 9.92. The van der Waals surface area contributed by atoms with E-state index in [1.54, 1.807) is 0 Å². The standard InChI is InChI=1S/C9H12BrN/c1-9(2,3)7-5-4-6-8(10)11-7/h4-6H,1-3H3/i4D,5D,6D. The minimum atomic E-state index is -0.275. The van der Waals surface area contributed by atoms with Gasteiger partial charge in [-0.1, -0.05) is 26.8 Å². The van der Waals surface area contributed by atoms with Crippen molar-refractivity contribution in [2.24, 2.45) is 0 Å². The molecule has 0 fully saturated rings. The van der Waals surface area contributed by atoms with Crippen molar-refractivity contribution >= 4 is 15.9 Å². The molecule has 0 saturated heterocycles. The number of aromatic nitrogens is 1. The molecule has 11 heavy (non-hydrogen) atoms. The molecule has 1 nitrogen and oxygen atoms in total. The summed E-state index contributed by atoms with van der Waals surface area (Å²) in [7, 11) is 0. The molecule has 0 aliphatic heterocycles. The van der Waals surface area contributed by atoms with Gasteiger partial charge in [0.2, 0.25) is 0 Å². The molecule has 0 amide bonds. The van der Waals surface area contributed by atoms with Gasteiger partial charge in [-0.05, 0) is 28.0 Å². The zero-order valence-corrected chi connectivity index (χ0v) is 8.41. The zero-order chi connectivity index (χ0) is 11.1. The summed E-state index contributed by atoms with van der Waals surface area (Å²) in [5.41, 5.74) is 0.272. The first-order valence-electron chi connectivity index (χ1n) is 4.89. The van der Waals surface area contributed by atoms with Crippen molar-refractivity contribution in [3.05, 3.63) is 28.4 Å². The van der Waals surface area contributed by atoms with E-state index < -0.39 is 0 Å². The van der Waals surface area contributed by atoms with E-state index in [9.17, 15) is 0 Å². The van der Waals surface area contributed by atoms with Gasteiger partial charge < -0.3 is 0 Å². The number of halogens is 1. The summed E-state index contributed by atoms with van der Waals surface area (Å²) in [6.45, 7) is 5.80. The van der Waals surface area contributed by atoms with Crippen LogP contribution in [0, 0.1) is 0 Å². The van der Waals surface area contributed by atoms with Crippen molar-refractivity contribution in [3.8, 4) is 0 Å². The molecule has 0 atom stereocenters. The molecular weight excluding hydrogens is 202 g/mol. The summed E-state index contributed by atoms with van der Waals surface area (Å²) in [5.74, 6) is 0. The third kappa shape index (κ3) is 2.29. The lowest BCUT2D eigenvalue weighted by Crippen LogP contribution is -2.12. The lowest BCUT2D eigenvalue weighted by molar-refractivity contribution is 0.567. The average Bonchev–Trinajstić information content (AvgIpc) is 2.06. The maximum Gasteiger partial charge on any atom is 0.106 e. The molecule has 2 heteroatoms. The van der Waals surface area contributed by atoms with Crippen LogP contribution in [0.5, 0.6) is 0 Å². The van der Waals surface area contributed by atoms with E-state index in [4.69, 9.17) is 4.11 Å². The van der Waals surface area contributed by atoms with Crippen LogP contribution < -0.4 is 0 Å². The summed E-state index contributed by atoms with van der Waals surface area (Å²) in [6, 6.07) is -0.0505. The maximum absolute atomic E-state index is 7.70. The third-order valence-electron chi connectivity index (χ3n) is 1.27. The molecular formula is C9H12BrN. The van der Waals surface area contributed by atoms with Crippen LogP contribution in [0.1, 0.15) is 30.6 Å². The van der Waals surface area contributed by atoms with Gasteiger partial charge in [0.15, 0.2) is 0 Å². The summed E-state index contributed by atoms with van der Waals surface area (Å²) in [4.78, 5) is 4.13. The van der Waals surface area contributed by atoms with Crippen LogP contribution >= 0.6 is 15.9 Å². The minimum absolute atomic E-state index is 0.0250. The van der Waals surface area contributed by atoms with Crippen molar-refractivity contribution < 1.29 is 4.11 Å². The van der Waals surface area contributed by atoms with Crippen molar-refractivity contribution in [3.63, 3.8) is 0 Å². The second-order valence-corrected chi connectivity index (χ2v) is 4.13. The highest BCUT2D eigenvalue weighted by Gasteiger charge is 2.14. The summed E-state index contributed by atoms with van der Waals surface area (Å²) in [5, 5.41) is 0. The fourth-order valence-corrected chi connectivity index (χ4v) is 0.928. The number of pyridine rings is 1. The minimum Gasteiger partial charge on any atom is -0.245 e. The Hall–Kier alpha value is -0.370. The molecule has 0 aromatic carbocycles. The van der Waals surface area contributed by atoms with Gasteiger partial charge in [0.1, 0.15) is 4.60 Å². The molecule has 1 heterocycles. The Balaban J connectivity index is 3.49. The Morgan fingerprint density at radius 1 is 1.45 bits per heavy atom. The Morgan fingerprint density at radius 3 is 2.64 bits per heavy atom. The summed E-state index contributed by atoms with van der Waals surface area (Å²) in [6.07, 6.45) is 0. The van der Waals surface area contributed by atoms with Crippen LogP contribution in [0.4, 0.5) is 0 Å². The van der Waals surface area contributed by atoms with Crippen molar-refractivity contribution in [1.29, 1.82) is 0 Å². The van der Waals surface area contributed by atoms with E-state index in [-0.39, 0.29) is 23.5 Å². The van der Waals surface area contributed by atoms with E-state index in [0.717, 1.165) is 0 Å². The first-order chi connectivity index (χ1) is 6.25. The molecule has 0 N–H and O–H groups in total. The lowest BCUT2D eigenvalue weighted by Gasteiger charge is -2.17. The van der Waals surface area contributed by atoms with E-state index in [1.807, 2.05) is 20.8 Å². The number of nitrogens with zero attached hydrogens (tertiary/aromatic N) is 1. The van der Waals surface area contributed by atoms with Gasteiger partial charge in [-0.2, -0.15) is 0 Å². The van der Waals surface area contributed by atoms with Gasteiger partial charge in [0.25, 0.3) is 0 Å². The molecule has 0 spiro atoms. The van der Waals surface area contributed by atoms with Gasteiger partial charge >= 0.3 is 0 Å². The molecule has 1 aromatic rings. The van der Waals surface area contributed by atoms with Crippen LogP contribution in [-0.4, -0.2) is 4.98 Å². The largest absolute Gasteiger partial charge is 0.245 e. The SMILES string of the molecule is [2H]c1c(Br)nc(C(C)(C)C)c([2H])c1[2H]. The molecule has 0 bridgehead atoms. The highest BCUT2D eigenvalue weighted by Crippen LogP contribution is 2.20. The summed E-state index contributed by atoms with van der Waals surface area (Å²) >= 11 is 3.12. The number of rotatable bonds is 0. The predicted octanol–water partition coefficient (Wildman–Crippen LogP) is 3.14. The van der Waals surface area contributed by atoms with E-state index in [0.29, 0.717) is 10.3 Å². The molecule has 0 radical (unpaired) electrons. The molecule has 1 rings (SSSR count). The van der Waals surface area contributed by atoms with E-state index >= 15 is 0 Å². The third-order valence-corrected chi connectivity index (χ3v) is 1.64. The van der Waals surface area contributed by atoms with Crippen molar-refractivity contribution in [2.45, 2.75) is 26.2 Å². The topological polar surface area (TPSA) is 12.9 Å². The van der Waals surface area contributed by atoms with Gasteiger partial charge in [-0.3, -0.25) is 0 Å². The van der Waals surface area contributed by atoms with Crippen LogP contribution in [-0.2, 0) is 5.41 Å². The fraction of sp³-hybridized carbons (Fsp3) is 0.444. The van der Waals surface area contributed by atoms with Gasteiger partial charge in [-0.25, -0.2) is 4.98 Å². The Kier molecular flexibility index (Phi) is 1.42. The average molecular weight is 217 g/mol. The Morgan fingerprint density at radius 2 is 2.09 bits per heavy atom. The maximum atomic E-state index is 7.70. The first-order valence-corrected chi connectivity index (χ1v) is 4.18. The van der Waals surface area contributed by atoms with Gasteiger partial charge in [0.05, 0.1) is 4.11 Å². The highest BCUT2D eigenvalue weighted by atomic mass is 79.9. The second kappa shape index (κ2) is 2.94. The number of hydrogen-bond donors (Lipinski definition) is 0. The van der Waals surface area contributed by atoms with Crippen molar-refractivity contribution in [1.82, 2.24) is 4.98 Å². The molecule has 0 unspecified atom stereocenters. The zero-order valence-electron chi connectivity index (χ0n) is 9.83. The number of hydrogen-bond acceptors (Lipinski definition) is 1. The normalized spacial score (nSPS) is 15.5. The molecule has 0 aliphatic carbocycles. The molecule has 1 aromatic heterocycles. The smallest absolute Gasteiger partial charge is 0.106 e. The highest BCUT2D eigenvalue weighted by molar-refractivity contribution is 9.10. The van der Waals surface area contributed by atoms with Crippen LogP contribution in [0.25, 0.3) is 0 Å². The molecule has 60 valence electrons. The van der Waals surface area contributed by atoms with Crippen LogP contribution in [0.15, 0.2) is 22.7 Å². The predicted molar refractivity (Wildman–Crippen MR) is 50.6 cm³/mol. The van der Waals surface area contributed by atoms with Gasteiger partial charge in [0, 0.05) is 11.1 Å². The quantitative estimate of drug-likeness (QED) is 0.608. The monoisotopic (exact) mass is 216 g/mol. The summed E-state index contributed by atoms with van der Waals surface area (Å²) < 4.78 is 23.1. The van der Waals surface area contributed by atoms with Gasteiger partial charge in [-0.15, -0.1) is 0 Å². The second-order valence-electron chi connectivity index (χ2n) is 3.38. The molecule has 0 aliphatic rings.